The largest absolute Gasteiger partial charge is 0.381 e. The number of hydrogen-bond donors (Lipinski definition) is 0. The molecule has 0 radical (unpaired) electrons. The monoisotopic (exact) mass is 229 g/mol. The lowest BCUT2D eigenvalue weighted by atomic mass is 10.0. The second kappa shape index (κ2) is 11.4. The molecule has 0 aliphatic rings. The first-order valence-electron chi connectivity index (χ1n) is 7.00. The lowest BCUT2D eigenvalue weighted by molar-refractivity contribution is 0.0873. The van der Waals surface area contributed by atoms with Gasteiger partial charge in [0.1, 0.15) is 0 Å². The maximum Gasteiger partial charge on any atom is 0.0494 e. The Labute approximate surface area is 102 Å². The van der Waals surface area contributed by atoms with E-state index < -0.39 is 0 Å². The van der Waals surface area contributed by atoms with Gasteiger partial charge in [0.2, 0.25) is 0 Å². The van der Waals surface area contributed by atoms with E-state index in [9.17, 15) is 0 Å². The minimum absolute atomic E-state index is 0.781. The first-order valence-corrected chi connectivity index (χ1v) is 7.00. The number of unbranched alkanes of at least 4 members (excludes halogenated alkanes) is 1. The summed E-state index contributed by atoms with van der Waals surface area (Å²) in [6.45, 7) is 10.9. The van der Waals surface area contributed by atoms with E-state index >= 15 is 0 Å². The summed E-state index contributed by atoms with van der Waals surface area (Å²) in [6, 6.07) is 0. The van der Waals surface area contributed by atoms with Gasteiger partial charge in [0.15, 0.2) is 0 Å². The van der Waals surface area contributed by atoms with Crippen LogP contribution in [0.25, 0.3) is 0 Å². The first kappa shape index (κ1) is 15.9. The molecule has 0 heterocycles. The average Bonchev–Trinajstić information content (AvgIpc) is 2.32. The summed E-state index contributed by atoms with van der Waals surface area (Å²) in [4.78, 5) is 2.33. The van der Waals surface area contributed by atoms with Crippen LogP contribution in [-0.2, 0) is 4.74 Å². The normalized spacial score (nSPS) is 13.3. The Morgan fingerprint density at radius 2 is 1.88 bits per heavy atom. The Kier molecular flexibility index (Phi) is 11.3. The minimum Gasteiger partial charge on any atom is -0.381 e. The molecule has 0 aliphatic carbocycles. The minimum atomic E-state index is 0.781. The zero-order chi connectivity index (χ0) is 12.2. The second-order valence-corrected chi connectivity index (χ2v) is 4.74. The lowest BCUT2D eigenvalue weighted by Gasteiger charge is -2.16. The first-order chi connectivity index (χ1) is 7.74. The third-order valence-electron chi connectivity index (χ3n) is 3.27. The Balaban J connectivity index is 3.33. The highest BCUT2D eigenvalue weighted by molar-refractivity contribution is 4.56. The Morgan fingerprint density at radius 1 is 1.12 bits per heavy atom. The highest BCUT2D eigenvalue weighted by Crippen LogP contribution is 2.12. The van der Waals surface area contributed by atoms with Crippen molar-refractivity contribution >= 4 is 0 Å². The van der Waals surface area contributed by atoms with Gasteiger partial charge in [-0.2, -0.15) is 0 Å². The van der Waals surface area contributed by atoms with Crippen molar-refractivity contribution in [1.82, 2.24) is 4.90 Å². The maximum absolute atomic E-state index is 5.75. The van der Waals surface area contributed by atoms with Gasteiger partial charge in [0, 0.05) is 19.8 Å². The van der Waals surface area contributed by atoms with Crippen LogP contribution in [0.5, 0.6) is 0 Å². The Hall–Kier alpha value is -0.0800. The molecule has 0 rings (SSSR count). The van der Waals surface area contributed by atoms with Crippen LogP contribution in [-0.4, -0.2) is 38.3 Å². The number of hydrogen-bond acceptors (Lipinski definition) is 2. The smallest absolute Gasteiger partial charge is 0.0494 e. The van der Waals surface area contributed by atoms with Gasteiger partial charge in [-0.15, -0.1) is 0 Å². The fourth-order valence-corrected chi connectivity index (χ4v) is 1.74. The molecule has 0 aromatic heterocycles. The molecule has 0 saturated heterocycles. The molecule has 2 heteroatoms. The molecule has 0 aliphatic heterocycles. The van der Waals surface area contributed by atoms with Crippen molar-refractivity contribution in [3.63, 3.8) is 0 Å². The van der Waals surface area contributed by atoms with Crippen molar-refractivity contribution in [2.24, 2.45) is 5.92 Å². The SMILES string of the molecule is CCCCC(CC)COCCCN(C)CC. The molecule has 1 unspecified atom stereocenters. The molecule has 0 fully saturated rings. The zero-order valence-electron chi connectivity index (χ0n) is 11.8. The fraction of sp³-hybridized carbons (Fsp3) is 1.00. The summed E-state index contributed by atoms with van der Waals surface area (Å²) >= 11 is 0. The molecule has 0 saturated carbocycles. The van der Waals surface area contributed by atoms with Gasteiger partial charge in [-0.3, -0.25) is 0 Å². The van der Waals surface area contributed by atoms with E-state index in [0.29, 0.717) is 0 Å². The van der Waals surface area contributed by atoms with E-state index in [1.54, 1.807) is 0 Å². The van der Waals surface area contributed by atoms with E-state index in [4.69, 9.17) is 4.74 Å². The van der Waals surface area contributed by atoms with Crippen molar-refractivity contribution in [3.8, 4) is 0 Å². The quantitative estimate of drug-likeness (QED) is 0.502. The third kappa shape index (κ3) is 9.17. The highest BCUT2D eigenvalue weighted by Gasteiger charge is 2.05. The molecule has 0 spiro atoms. The van der Waals surface area contributed by atoms with Gasteiger partial charge in [-0.1, -0.05) is 40.0 Å². The molecular weight excluding hydrogens is 198 g/mol. The van der Waals surface area contributed by atoms with Crippen LogP contribution in [0.3, 0.4) is 0 Å². The molecule has 16 heavy (non-hydrogen) atoms. The van der Waals surface area contributed by atoms with Crippen LogP contribution in [0.2, 0.25) is 0 Å². The summed E-state index contributed by atoms with van der Waals surface area (Å²) in [5.74, 6) is 0.781. The predicted molar refractivity (Wildman–Crippen MR) is 71.9 cm³/mol. The predicted octanol–water partition coefficient (Wildman–Crippen LogP) is 3.56. The summed E-state index contributed by atoms with van der Waals surface area (Å²) < 4.78 is 5.75. The average molecular weight is 229 g/mol. The highest BCUT2D eigenvalue weighted by atomic mass is 16.5. The molecule has 98 valence electrons. The van der Waals surface area contributed by atoms with E-state index in [2.05, 4.69) is 32.7 Å². The van der Waals surface area contributed by atoms with E-state index in [0.717, 1.165) is 38.6 Å². The van der Waals surface area contributed by atoms with Crippen LogP contribution in [0.4, 0.5) is 0 Å². The number of nitrogens with zero attached hydrogens (tertiary/aromatic N) is 1. The molecular formula is C14H31NO. The fourth-order valence-electron chi connectivity index (χ4n) is 1.74. The lowest BCUT2D eigenvalue weighted by Crippen LogP contribution is -2.20. The van der Waals surface area contributed by atoms with Gasteiger partial charge < -0.3 is 9.64 Å². The molecule has 2 nitrogen and oxygen atoms in total. The Morgan fingerprint density at radius 3 is 2.44 bits per heavy atom. The molecule has 0 amide bonds. The van der Waals surface area contributed by atoms with Gasteiger partial charge in [0.25, 0.3) is 0 Å². The number of rotatable bonds is 11. The Bertz CT molecular complexity index is 139. The van der Waals surface area contributed by atoms with Crippen LogP contribution in [0.15, 0.2) is 0 Å². The van der Waals surface area contributed by atoms with Gasteiger partial charge in [-0.05, 0) is 32.4 Å². The second-order valence-electron chi connectivity index (χ2n) is 4.74. The molecule has 0 aromatic carbocycles. The van der Waals surface area contributed by atoms with Gasteiger partial charge >= 0.3 is 0 Å². The summed E-state index contributed by atoms with van der Waals surface area (Å²) in [7, 11) is 2.16. The van der Waals surface area contributed by atoms with Gasteiger partial charge in [0.05, 0.1) is 0 Å². The maximum atomic E-state index is 5.75. The van der Waals surface area contributed by atoms with Crippen molar-refractivity contribution in [2.75, 3.05) is 33.4 Å². The summed E-state index contributed by atoms with van der Waals surface area (Å²) in [5.41, 5.74) is 0. The van der Waals surface area contributed by atoms with Crippen LogP contribution < -0.4 is 0 Å². The van der Waals surface area contributed by atoms with Crippen molar-refractivity contribution in [1.29, 1.82) is 0 Å². The standard InChI is InChI=1S/C14H31NO/c1-5-8-10-14(6-2)13-16-12-9-11-15(4)7-3/h14H,5-13H2,1-4H3. The molecule has 0 N–H and O–H groups in total. The summed E-state index contributed by atoms with van der Waals surface area (Å²) in [6.07, 6.45) is 6.41. The molecule has 0 aromatic rings. The topological polar surface area (TPSA) is 12.5 Å². The molecule has 1 atom stereocenters. The van der Waals surface area contributed by atoms with Gasteiger partial charge in [-0.25, -0.2) is 0 Å². The molecule has 0 bridgehead atoms. The number of ether oxygens (including phenoxy) is 1. The van der Waals surface area contributed by atoms with E-state index in [1.165, 1.54) is 25.7 Å². The van der Waals surface area contributed by atoms with Crippen molar-refractivity contribution < 1.29 is 4.74 Å². The van der Waals surface area contributed by atoms with E-state index in [1.807, 2.05) is 0 Å². The van der Waals surface area contributed by atoms with Crippen LogP contribution >= 0.6 is 0 Å². The summed E-state index contributed by atoms with van der Waals surface area (Å²) in [5, 5.41) is 0. The van der Waals surface area contributed by atoms with Crippen molar-refractivity contribution in [3.05, 3.63) is 0 Å². The zero-order valence-corrected chi connectivity index (χ0v) is 11.8. The van der Waals surface area contributed by atoms with Crippen LogP contribution in [0.1, 0.15) is 52.9 Å². The third-order valence-corrected chi connectivity index (χ3v) is 3.27. The van der Waals surface area contributed by atoms with Crippen LogP contribution in [0, 0.1) is 5.92 Å². The van der Waals surface area contributed by atoms with E-state index in [-0.39, 0.29) is 0 Å². The van der Waals surface area contributed by atoms with Crippen molar-refractivity contribution in [2.45, 2.75) is 52.9 Å².